The Morgan fingerprint density at radius 2 is 1.18 bits per heavy atom. The van der Waals surface area contributed by atoms with E-state index in [2.05, 4.69) is 79.0 Å². The smallest absolute Gasteiger partial charge is 0.291 e. The maximum Gasteiger partial charge on any atom is 0.291 e. The summed E-state index contributed by atoms with van der Waals surface area (Å²) in [5.74, 6) is 0.494. The first-order valence-corrected chi connectivity index (χ1v) is 13.5. The van der Waals surface area contributed by atoms with Crippen molar-refractivity contribution in [2.45, 2.75) is 0 Å². The van der Waals surface area contributed by atoms with Crippen LogP contribution in [0.15, 0.2) is 65.1 Å². The van der Waals surface area contributed by atoms with Crippen LogP contribution in [0.5, 0.6) is 34.5 Å². The number of methoxy groups -OCH3 is 3. The Morgan fingerprint density at radius 3 is 1.68 bits per heavy atom. The minimum absolute atomic E-state index is 0.00750. The number of hydrazine groups is 1. The Hall–Kier alpha value is -3.82. The van der Waals surface area contributed by atoms with E-state index >= 15 is 0 Å². The van der Waals surface area contributed by atoms with Crippen LogP contribution in [-0.4, -0.2) is 61.3 Å². The fraction of sp³-hybridized carbons (Fsp3) is 0.120. The van der Waals surface area contributed by atoms with Gasteiger partial charge in [-0.05, 0) is 36.4 Å². The molecule has 3 rings (SSSR count). The van der Waals surface area contributed by atoms with Crippen molar-refractivity contribution < 1.29 is 34.6 Å². The largest absolute Gasteiger partial charge is 0.504 e. The van der Waals surface area contributed by atoms with Crippen molar-refractivity contribution in [2.24, 2.45) is 15.3 Å². The molecular weight excluding hydrogens is 720 g/mol. The predicted molar refractivity (Wildman–Crippen MR) is 162 cm³/mol. The van der Waals surface area contributed by atoms with Crippen LogP contribution >= 0.6 is 47.8 Å². The lowest BCUT2D eigenvalue weighted by Gasteiger charge is -2.07. The molecule has 0 heterocycles. The molecule has 210 valence electrons. The third kappa shape index (κ3) is 8.09. The summed E-state index contributed by atoms with van der Waals surface area (Å²) >= 11 is 10.1. The zero-order chi connectivity index (χ0) is 29.2. The summed E-state index contributed by atoms with van der Waals surface area (Å²) < 4.78 is 17.5. The lowest BCUT2D eigenvalue weighted by molar-refractivity contribution is -0.500. The van der Waals surface area contributed by atoms with E-state index < -0.39 is 0 Å². The highest BCUT2D eigenvalue weighted by Gasteiger charge is 2.12. The van der Waals surface area contributed by atoms with Crippen LogP contribution < -0.4 is 30.2 Å². The number of halogens is 3. The van der Waals surface area contributed by atoms with Gasteiger partial charge in [0, 0.05) is 24.5 Å². The molecular formula is C25H24Br3N6O6+. The fourth-order valence-corrected chi connectivity index (χ4v) is 4.49. The van der Waals surface area contributed by atoms with Crippen LogP contribution in [-0.2, 0) is 0 Å². The number of aromatic hydroxyl groups is 3. The molecule has 3 aromatic carbocycles. The van der Waals surface area contributed by atoms with Crippen molar-refractivity contribution in [3.8, 4) is 34.5 Å². The summed E-state index contributed by atoms with van der Waals surface area (Å²) in [4.78, 5) is 0. The molecule has 0 aromatic heterocycles. The van der Waals surface area contributed by atoms with Gasteiger partial charge in [-0.15, -0.1) is 15.6 Å². The second-order valence-electron chi connectivity index (χ2n) is 7.61. The maximum absolute atomic E-state index is 10.4. The van der Waals surface area contributed by atoms with E-state index in [9.17, 15) is 15.3 Å². The van der Waals surface area contributed by atoms with Gasteiger partial charge in [-0.2, -0.15) is 10.2 Å². The third-order valence-corrected chi connectivity index (χ3v) is 6.39. The van der Waals surface area contributed by atoms with E-state index in [0.29, 0.717) is 30.1 Å². The highest BCUT2D eigenvalue weighted by atomic mass is 79.9. The molecule has 15 heteroatoms. The first kappa shape index (κ1) is 30.7. The molecule has 0 saturated heterocycles. The minimum atomic E-state index is -0.116. The minimum Gasteiger partial charge on any atom is -0.504 e. The monoisotopic (exact) mass is 741 g/mol. The molecule has 3 aromatic rings. The van der Waals surface area contributed by atoms with Gasteiger partial charge < -0.3 is 29.5 Å². The molecule has 0 amide bonds. The Labute approximate surface area is 254 Å². The van der Waals surface area contributed by atoms with E-state index in [0.717, 1.165) is 0 Å². The Balaban J connectivity index is 1.89. The van der Waals surface area contributed by atoms with E-state index in [4.69, 9.17) is 14.2 Å². The van der Waals surface area contributed by atoms with Crippen LogP contribution in [0.1, 0.15) is 16.7 Å². The van der Waals surface area contributed by atoms with Crippen LogP contribution in [0, 0.1) is 0 Å². The normalized spacial score (nSPS) is 11.9. The molecule has 0 saturated carbocycles. The molecule has 0 aliphatic carbocycles. The van der Waals surface area contributed by atoms with Crippen molar-refractivity contribution in [1.29, 1.82) is 0 Å². The van der Waals surface area contributed by atoms with E-state index in [1.54, 1.807) is 36.4 Å². The molecule has 6 N–H and O–H groups in total. The Kier molecular flexibility index (Phi) is 11.2. The summed E-state index contributed by atoms with van der Waals surface area (Å²) in [6, 6.07) is 9.79. The van der Waals surface area contributed by atoms with Gasteiger partial charge in [0.1, 0.15) is 0 Å². The summed E-state index contributed by atoms with van der Waals surface area (Å²) in [5.41, 5.74) is 6.55. The zero-order valence-corrected chi connectivity index (χ0v) is 26.0. The molecule has 0 atom stereocenters. The maximum atomic E-state index is 10.4. The summed E-state index contributed by atoms with van der Waals surface area (Å²) in [6.45, 7) is 0. The number of benzene rings is 3. The molecule has 0 bridgehead atoms. The number of nitrogens with zero attached hydrogens (tertiary/aromatic N) is 3. The standard InChI is InChI=1S/C25H23Br3N6O6/c1-38-19-7-16(26)4-13(22(19)35)10-29-32-25(33-30-11-14-5-17(27)8-20(39-2)23(14)36)34-31-12-15-6-18(28)9-21(40-3)24(15)37/h4-12,35-37H,1-3H3,(H2,32,33,34)/p+1. The van der Waals surface area contributed by atoms with Crippen molar-refractivity contribution in [3.05, 3.63) is 66.5 Å². The third-order valence-electron chi connectivity index (χ3n) is 5.01. The average molecular weight is 744 g/mol. The van der Waals surface area contributed by atoms with E-state index in [1.165, 1.54) is 40.0 Å². The Morgan fingerprint density at radius 1 is 0.725 bits per heavy atom. The quantitative estimate of drug-likeness (QED) is 0.111. The van der Waals surface area contributed by atoms with Crippen LogP contribution in [0.4, 0.5) is 0 Å². The fourth-order valence-electron chi connectivity index (χ4n) is 3.13. The lowest BCUT2D eigenvalue weighted by Crippen LogP contribution is -2.83. The topological polar surface area (TPSA) is 163 Å². The number of hydrogen-bond acceptors (Lipinski definition) is 9. The first-order chi connectivity index (χ1) is 19.2. The number of phenols is 3. The van der Waals surface area contributed by atoms with Crippen molar-refractivity contribution in [1.82, 2.24) is 10.9 Å². The van der Waals surface area contributed by atoms with Crippen LogP contribution in [0.25, 0.3) is 0 Å². The van der Waals surface area contributed by atoms with Gasteiger partial charge in [0.25, 0.3) is 5.96 Å². The van der Waals surface area contributed by atoms with Gasteiger partial charge >= 0.3 is 0 Å². The highest BCUT2D eigenvalue weighted by molar-refractivity contribution is 9.11. The van der Waals surface area contributed by atoms with Crippen molar-refractivity contribution in [2.75, 3.05) is 21.3 Å². The second kappa shape index (κ2) is 14.5. The molecule has 0 radical (unpaired) electrons. The van der Waals surface area contributed by atoms with Crippen LogP contribution in [0.2, 0.25) is 0 Å². The van der Waals surface area contributed by atoms with Crippen molar-refractivity contribution in [3.63, 3.8) is 0 Å². The van der Waals surface area contributed by atoms with Gasteiger partial charge in [-0.25, -0.2) is 5.43 Å². The highest BCUT2D eigenvalue weighted by Crippen LogP contribution is 2.34. The van der Waals surface area contributed by atoms with Gasteiger partial charge in [0.05, 0.1) is 39.3 Å². The van der Waals surface area contributed by atoms with Gasteiger partial charge in [0.2, 0.25) is 6.21 Å². The lowest BCUT2D eigenvalue weighted by atomic mass is 10.2. The Bertz CT molecular complexity index is 1420. The van der Waals surface area contributed by atoms with Gasteiger partial charge in [0.15, 0.2) is 34.5 Å². The van der Waals surface area contributed by atoms with E-state index in [-0.39, 0.29) is 40.5 Å². The van der Waals surface area contributed by atoms with Crippen molar-refractivity contribution >= 4 is 72.4 Å². The molecule has 0 unspecified atom stereocenters. The predicted octanol–water partition coefficient (Wildman–Crippen LogP) is 3.13. The number of guanidine groups is 1. The summed E-state index contributed by atoms with van der Waals surface area (Å²) in [6.07, 6.45) is 4.13. The SMILES string of the molecule is COc1cc(Br)cc(C=NN=C(NN=Cc2cc(Br)cc(OC)c2O)N[NH+]=Cc2cc(Br)cc(OC)c2O)c1O. The number of rotatable bonds is 9. The number of ether oxygens (including phenoxy) is 3. The van der Waals surface area contributed by atoms with Crippen LogP contribution in [0.3, 0.4) is 0 Å². The molecule has 0 spiro atoms. The molecule has 12 nitrogen and oxygen atoms in total. The average Bonchev–Trinajstić information content (AvgIpc) is 2.93. The van der Waals surface area contributed by atoms with E-state index in [1.807, 2.05) is 0 Å². The summed E-state index contributed by atoms with van der Waals surface area (Å²) in [7, 11) is 4.32. The van der Waals surface area contributed by atoms with Gasteiger partial charge in [-0.3, -0.25) is 0 Å². The molecule has 40 heavy (non-hydrogen) atoms. The number of nitrogens with one attached hydrogen (secondary N) is 3. The second-order valence-corrected chi connectivity index (χ2v) is 10.4. The molecule has 0 aliphatic rings. The first-order valence-electron chi connectivity index (χ1n) is 11.1. The van der Waals surface area contributed by atoms with Gasteiger partial charge in [-0.1, -0.05) is 47.8 Å². The molecule has 0 fully saturated rings. The number of hydrogen-bond donors (Lipinski definition) is 6. The zero-order valence-electron chi connectivity index (χ0n) is 21.2. The summed E-state index contributed by atoms with van der Waals surface area (Å²) in [5, 5.41) is 46.1. The number of phenolic OH excluding ortho intramolecular Hbond substituents is 3. The number of hydrazone groups is 2. The molecule has 0 aliphatic heterocycles.